The number of hydrogen-bond acceptors (Lipinski definition) is 3. The third kappa shape index (κ3) is 8.10. The Hall–Kier alpha value is -2.83. The first kappa shape index (κ1) is 27.8. The van der Waals surface area contributed by atoms with Gasteiger partial charge in [0.15, 0.2) is 6.61 Å². The van der Waals surface area contributed by atoms with Crippen molar-refractivity contribution in [2.75, 3.05) is 6.61 Å². The van der Waals surface area contributed by atoms with Crippen molar-refractivity contribution in [3.63, 3.8) is 0 Å². The van der Waals surface area contributed by atoms with Gasteiger partial charge < -0.3 is 15.0 Å². The highest BCUT2D eigenvalue weighted by atomic mass is 79.9. The summed E-state index contributed by atoms with van der Waals surface area (Å²) in [5.41, 5.74) is 2.86. The third-order valence-corrected chi connectivity index (χ3v) is 7.17. The number of nitrogens with zero attached hydrogens (tertiary/aromatic N) is 1. The van der Waals surface area contributed by atoms with Crippen LogP contribution in [0.3, 0.4) is 0 Å². The number of carbonyl (C=O) groups is 2. The van der Waals surface area contributed by atoms with E-state index in [9.17, 15) is 9.59 Å². The van der Waals surface area contributed by atoms with Gasteiger partial charge in [0.25, 0.3) is 5.91 Å². The number of hydrogen-bond donors (Lipinski definition) is 1. The molecule has 0 aliphatic heterocycles. The van der Waals surface area contributed by atoms with Crippen molar-refractivity contribution in [1.29, 1.82) is 0 Å². The van der Waals surface area contributed by atoms with Crippen LogP contribution in [0.4, 0.5) is 0 Å². The lowest BCUT2D eigenvalue weighted by Crippen LogP contribution is -2.53. The predicted molar refractivity (Wildman–Crippen MR) is 148 cm³/mol. The zero-order valence-electron chi connectivity index (χ0n) is 20.8. The van der Waals surface area contributed by atoms with Crippen LogP contribution in [0.1, 0.15) is 37.0 Å². The lowest BCUT2D eigenvalue weighted by Gasteiger charge is -2.32. The monoisotopic (exact) mass is 570 g/mol. The standard InChI is InChI=1S/C29H32BrClN2O3/c1-4-21(3)32-29(35)27(17-22-8-6-5-7-9-22)33(18-23-10-12-24(31)13-11-23)28(34)19-36-25-14-15-26(30)20(2)16-25/h5-16,21,27H,4,17-19H2,1-3H3,(H,32,35). The van der Waals surface area contributed by atoms with Crippen LogP contribution in [-0.2, 0) is 22.6 Å². The van der Waals surface area contributed by atoms with Gasteiger partial charge in [-0.05, 0) is 67.3 Å². The second-order valence-electron chi connectivity index (χ2n) is 8.87. The Morgan fingerprint density at radius 2 is 1.72 bits per heavy atom. The minimum Gasteiger partial charge on any atom is -0.484 e. The van der Waals surface area contributed by atoms with Crippen LogP contribution < -0.4 is 10.1 Å². The van der Waals surface area contributed by atoms with Crippen LogP contribution >= 0.6 is 27.5 Å². The zero-order valence-corrected chi connectivity index (χ0v) is 23.2. The summed E-state index contributed by atoms with van der Waals surface area (Å²) >= 11 is 9.56. The molecule has 0 aromatic heterocycles. The highest BCUT2D eigenvalue weighted by molar-refractivity contribution is 9.10. The molecule has 1 N–H and O–H groups in total. The summed E-state index contributed by atoms with van der Waals surface area (Å²) < 4.78 is 6.83. The van der Waals surface area contributed by atoms with E-state index < -0.39 is 6.04 Å². The molecule has 7 heteroatoms. The second kappa shape index (κ2) is 13.5. The summed E-state index contributed by atoms with van der Waals surface area (Å²) in [6.07, 6.45) is 1.18. The molecule has 36 heavy (non-hydrogen) atoms. The van der Waals surface area contributed by atoms with E-state index in [-0.39, 0.29) is 31.0 Å². The van der Waals surface area contributed by atoms with E-state index in [0.717, 1.165) is 27.6 Å². The number of carbonyl (C=O) groups excluding carboxylic acids is 2. The Bertz CT molecular complexity index is 1150. The van der Waals surface area contributed by atoms with Crippen LogP contribution in [0.2, 0.25) is 5.02 Å². The number of amides is 2. The zero-order chi connectivity index (χ0) is 26.1. The average Bonchev–Trinajstić information content (AvgIpc) is 2.88. The van der Waals surface area contributed by atoms with E-state index in [0.29, 0.717) is 17.2 Å². The van der Waals surface area contributed by atoms with Crippen LogP contribution in [0.25, 0.3) is 0 Å². The van der Waals surface area contributed by atoms with E-state index in [4.69, 9.17) is 16.3 Å². The van der Waals surface area contributed by atoms with Gasteiger partial charge in [0.2, 0.25) is 5.91 Å². The molecule has 0 heterocycles. The first-order valence-corrected chi connectivity index (χ1v) is 13.2. The fourth-order valence-corrected chi connectivity index (χ4v) is 4.09. The first-order valence-electron chi connectivity index (χ1n) is 12.0. The lowest BCUT2D eigenvalue weighted by atomic mass is 10.0. The van der Waals surface area contributed by atoms with Gasteiger partial charge in [-0.2, -0.15) is 0 Å². The second-order valence-corrected chi connectivity index (χ2v) is 10.2. The van der Waals surface area contributed by atoms with Crippen LogP contribution in [-0.4, -0.2) is 35.4 Å². The molecule has 0 aliphatic rings. The number of aryl methyl sites for hydroxylation is 1. The summed E-state index contributed by atoms with van der Waals surface area (Å²) in [6, 6.07) is 21.9. The number of halogens is 2. The average molecular weight is 572 g/mol. The van der Waals surface area contributed by atoms with Gasteiger partial charge in [-0.3, -0.25) is 9.59 Å². The first-order chi connectivity index (χ1) is 17.3. The van der Waals surface area contributed by atoms with E-state index >= 15 is 0 Å². The van der Waals surface area contributed by atoms with Crippen molar-refractivity contribution in [2.24, 2.45) is 0 Å². The maximum Gasteiger partial charge on any atom is 0.261 e. The molecular weight excluding hydrogens is 540 g/mol. The molecule has 2 unspecified atom stereocenters. The minimum atomic E-state index is -0.708. The van der Waals surface area contributed by atoms with Crippen molar-refractivity contribution in [3.05, 3.63) is 99.0 Å². The minimum absolute atomic E-state index is 0.00903. The summed E-state index contributed by atoms with van der Waals surface area (Å²) in [5, 5.41) is 3.68. The molecule has 5 nitrogen and oxygen atoms in total. The molecule has 0 radical (unpaired) electrons. The molecule has 0 saturated carbocycles. The van der Waals surface area contributed by atoms with Crippen molar-refractivity contribution in [3.8, 4) is 5.75 Å². The highest BCUT2D eigenvalue weighted by Gasteiger charge is 2.31. The summed E-state index contributed by atoms with van der Waals surface area (Å²) in [5.74, 6) is 0.139. The van der Waals surface area contributed by atoms with Gasteiger partial charge in [0.1, 0.15) is 11.8 Å². The Balaban J connectivity index is 1.90. The topological polar surface area (TPSA) is 58.6 Å². The Morgan fingerprint density at radius 3 is 2.36 bits per heavy atom. The molecule has 190 valence electrons. The molecule has 2 atom stereocenters. The predicted octanol–water partition coefficient (Wildman–Crippen LogP) is 6.34. The Kier molecular flexibility index (Phi) is 10.4. The molecule has 0 saturated heterocycles. The largest absolute Gasteiger partial charge is 0.484 e. The molecule has 0 fully saturated rings. The maximum absolute atomic E-state index is 13.6. The van der Waals surface area contributed by atoms with Crippen molar-refractivity contribution in [2.45, 2.75) is 52.2 Å². The van der Waals surface area contributed by atoms with Gasteiger partial charge >= 0.3 is 0 Å². The molecule has 2 amide bonds. The van der Waals surface area contributed by atoms with Gasteiger partial charge in [0, 0.05) is 28.5 Å². The summed E-state index contributed by atoms with van der Waals surface area (Å²) in [7, 11) is 0. The molecule has 3 aromatic carbocycles. The molecular formula is C29H32BrClN2O3. The number of rotatable bonds is 11. The highest BCUT2D eigenvalue weighted by Crippen LogP contribution is 2.22. The Morgan fingerprint density at radius 1 is 1.03 bits per heavy atom. The number of nitrogens with one attached hydrogen (secondary N) is 1. The van der Waals surface area contributed by atoms with Gasteiger partial charge in [0.05, 0.1) is 0 Å². The summed E-state index contributed by atoms with van der Waals surface area (Å²) in [4.78, 5) is 28.7. The van der Waals surface area contributed by atoms with E-state index in [1.807, 2.05) is 81.4 Å². The number of benzene rings is 3. The fourth-order valence-electron chi connectivity index (χ4n) is 3.72. The smallest absolute Gasteiger partial charge is 0.261 e. The molecule has 0 aliphatic carbocycles. The van der Waals surface area contributed by atoms with Crippen LogP contribution in [0, 0.1) is 6.92 Å². The SMILES string of the molecule is CCC(C)NC(=O)C(Cc1ccccc1)N(Cc1ccc(Cl)cc1)C(=O)COc1ccc(Br)c(C)c1. The quantitative estimate of drug-likeness (QED) is 0.292. The van der Waals surface area contributed by atoms with E-state index in [2.05, 4.69) is 21.2 Å². The van der Waals surface area contributed by atoms with Crippen molar-refractivity contribution in [1.82, 2.24) is 10.2 Å². The van der Waals surface area contributed by atoms with Gasteiger partial charge in [-0.25, -0.2) is 0 Å². The van der Waals surface area contributed by atoms with Gasteiger partial charge in [-0.15, -0.1) is 0 Å². The van der Waals surface area contributed by atoms with Crippen molar-refractivity contribution < 1.29 is 14.3 Å². The molecule has 3 aromatic rings. The maximum atomic E-state index is 13.6. The number of ether oxygens (including phenoxy) is 1. The van der Waals surface area contributed by atoms with Crippen LogP contribution in [0.5, 0.6) is 5.75 Å². The molecule has 0 bridgehead atoms. The van der Waals surface area contributed by atoms with Crippen LogP contribution in [0.15, 0.2) is 77.3 Å². The third-order valence-electron chi connectivity index (χ3n) is 6.03. The molecule has 0 spiro atoms. The normalized spacial score (nSPS) is 12.5. The van der Waals surface area contributed by atoms with E-state index in [1.54, 1.807) is 17.0 Å². The Labute approximate surface area is 226 Å². The molecule has 3 rings (SSSR count). The fraction of sp³-hybridized carbons (Fsp3) is 0.310. The summed E-state index contributed by atoms with van der Waals surface area (Å²) in [6.45, 7) is 6.01. The lowest BCUT2D eigenvalue weighted by molar-refractivity contribution is -0.143. The van der Waals surface area contributed by atoms with E-state index in [1.165, 1.54) is 0 Å². The van der Waals surface area contributed by atoms with Gasteiger partial charge in [-0.1, -0.05) is 76.9 Å². The van der Waals surface area contributed by atoms with Crippen molar-refractivity contribution >= 4 is 39.3 Å².